The van der Waals surface area contributed by atoms with Crippen molar-refractivity contribution in [2.45, 2.75) is 17.2 Å². The van der Waals surface area contributed by atoms with Gasteiger partial charge >= 0.3 is 0 Å². The van der Waals surface area contributed by atoms with Gasteiger partial charge in [0.15, 0.2) is 0 Å². The summed E-state index contributed by atoms with van der Waals surface area (Å²) in [7, 11) is 0.449. The van der Waals surface area contributed by atoms with Crippen LogP contribution in [-0.4, -0.2) is 20.9 Å². The van der Waals surface area contributed by atoms with Gasteiger partial charge in [-0.2, -0.15) is 0 Å². The van der Waals surface area contributed by atoms with Gasteiger partial charge in [0.25, 0.3) is 0 Å². The molecule has 0 saturated carbocycles. The largest absolute Gasteiger partial charge is 0.497 e. The lowest BCUT2D eigenvalue weighted by Gasteiger charge is -2.09. The average Bonchev–Trinajstić information content (AvgIpc) is 3.02. The van der Waals surface area contributed by atoms with Crippen molar-refractivity contribution in [3.05, 3.63) is 78.4 Å². The molecule has 23 heavy (non-hydrogen) atoms. The van der Waals surface area contributed by atoms with Gasteiger partial charge in [0.1, 0.15) is 11.6 Å². The van der Waals surface area contributed by atoms with E-state index in [4.69, 9.17) is 4.74 Å². The summed E-state index contributed by atoms with van der Waals surface area (Å²) in [5.41, 5.74) is 1.19. The molecule has 0 saturated heterocycles. The van der Waals surface area contributed by atoms with Crippen LogP contribution in [0.1, 0.15) is 11.4 Å². The zero-order valence-electron chi connectivity index (χ0n) is 12.9. The molecule has 0 fully saturated rings. The van der Waals surface area contributed by atoms with Crippen LogP contribution in [0.2, 0.25) is 0 Å². The number of hydrogen-bond donors (Lipinski definition) is 0. The van der Waals surface area contributed by atoms with Crippen LogP contribution < -0.4 is 4.74 Å². The first-order valence-corrected chi connectivity index (χ1v) is 8.64. The highest BCUT2D eigenvalue weighted by Crippen LogP contribution is 2.18. The Labute approximate surface area is 138 Å². The van der Waals surface area contributed by atoms with E-state index in [0.717, 1.165) is 17.3 Å². The number of aromatic nitrogens is 2. The van der Waals surface area contributed by atoms with Crippen LogP contribution in [0.5, 0.6) is 5.75 Å². The second kappa shape index (κ2) is 7.24. The van der Waals surface area contributed by atoms with Crippen molar-refractivity contribution in [1.29, 1.82) is 0 Å². The maximum Gasteiger partial charge on any atom is 0.121 e. The van der Waals surface area contributed by atoms with Gasteiger partial charge < -0.3 is 9.30 Å². The van der Waals surface area contributed by atoms with Gasteiger partial charge in [-0.25, -0.2) is 4.98 Å². The number of ether oxygens (including phenoxy) is 1. The molecule has 0 radical (unpaired) electrons. The fourth-order valence-corrected chi connectivity index (χ4v) is 3.47. The fourth-order valence-electron chi connectivity index (χ4n) is 2.35. The van der Waals surface area contributed by atoms with E-state index in [1.54, 1.807) is 19.4 Å². The van der Waals surface area contributed by atoms with Crippen LogP contribution in [0.15, 0.2) is 71.9 Å². The SMILES string of the molecule is COc1cccc([S@](=O)Cc2nccn2Cc2ccccc2)c1. The van der Waals surface area contributed by atoms with Crippen LogP contribution in [0, 0.1) is 0 Å². The van der Waals surface area contributed by atoms with Crippen molar-refractivity contribution >= 4 is 10.8 Å². The molecule has 1 heterocycles. The average molecular weight is 326 g/mol. The summed E-state index contributed by atoms with van der Waals surface area (Å²) in [6, 6.07) is 17.5. The molecule has 0 aliphatic rings. The molecule has 0 aliphatic carbocycles. The van der Waals surface area contributed by atoms with E-state index in [-0.39, 0.29) is 0 Å². The van der Waals surface area contributed by atoms with E-state index in [0.29, 0.717) is 11.5 Å². The summed E-state index contributed by atoms with van der Waals surface area (Å²) in [6.07, 6.45) is 3.67. The molecule has 4 nitrogen and oxygen atoms in total. The van der Waals surface area contributed by atoms with Gasteiger partial charge in [-0.1, -0.05) is 36.4 Å². The molecule has 5 heteroatoms. The highest BCUT2D eigenvalue weighted by Gasteiger charge is 2.11. The van der Waals surface area contributed by atoms with Crippen LogP contribution in [0.3, 0.4) is 0 Å². The van der Waals surface area contributed by atoms with Crippen LogP contribution >= 0.6 is 0 Å². The third-order valence-electron chi connectivity index (χ3n) is 3.56. The van der Waals surface area contributed by atoms with Crippen LogP contribution in [0.25, 0.3) is 0 Å². The first-order valence-electron chi connectivity index (χ1n) is 7.32. The van der Waals surface area contributed by atoms with Gasteiger partial charge in [0.2, 0.25) is 0 Å². The molecular weight excluding hydrogens is 308 g/mol. The number of hydrogen-bond acceptors (Lipinski definition) is 3. The summed E-state index contributed by atoms with van der Waals surface area (Å²) < 4.78 is 19.8. The zero-order valence-corrected chi connectivity index (χ0v) is 13.7. The molecule has 0 amide bonds. The topological polar surface area (TPSA) is 44.1 Å². The zero-order chi connectivity index (χ0) is 16.1. The van der Waals surface area contributed by atoms with Gasteiger partial charge in [0.05, 0.1) is 23.7 Å². The Morgan fingerprint density at radius 2 is 1.96 bits per heavy atom. The summed E-state index contributed by atoms with van der Waals surface area (Å²) in [4.78, 5) is 5.11. The maximum atomic E-state index is 12.6. The third-order valence-corrected chi connectivity index (χ3v) is 4.86. The van der Waals surface area contributed by atoms with Gasteiger partial charge in [0, 0.05) is 23.8 Å². The van der Waals surface area contributed by atoms with Crippen molar-refractivity contribution < 1.29 is 8.95 Å². The minimum absolute atomic E-state index is 0.382. The van der Waals surface area contributed by atoms with E-state index in [9.17, 15) is 4.21 Å². The predicted octanol–water partition coefficient (Wildman–Crippen LogP) is 3.25. The first kappa shape index (κ1) is 15.5. The molecule has 3 rings (SSSR count). The van der Waals surface area contributed by atoms with Gasteiger partial charge in [-0.15, -0.1) is 0 Å². The molecule has 3 aromatic rings. The number of nitrogens with zero attached hydrogens (tertiary/aromatic N) is 2. The Bertz CT molecular complexity index is 800. The third kappa shape index (κ3) is 3.87. The van der Waals surface area contributed by atoms with Crippen LogP contribution in [0.4, 0.5) is 0 Å². The standard InChI is InChI=1S/C18H18N2O2S/c1-22-16-8-5-9-17(12-16)23(21)14-18-19-10-11-20(18)13-15-6-3-2-4-7-15/h2-12H,13-14H2,1H3/t23-/m1/s1. The van der Waals surface area contributed by atoms with Gasteiger partial charge in [-0.05, 0) is 23.8 Å². The molecule has 0 N–H and O–H groups in total. The number of imidazole rings is 1. The van der Waals surface area contributed by atoms with E-state index in [1.807, 2.05) is 47.2 Å². The molecule has 1 aromatic heterocycles. The van der Waals surface area contributed by atoms with E-state index >= 15 is 0 Å². The van der Waals surface area contributed by atoms with Gasteiger partial charge in [-0.3, -0.25) is 4.21 Å². The normalized spacial score (nSPS) is 12.0. The van der Waals surface area contributed by atoms with Crippen molar-refractivity contribution in [1.82, 2.24) is 9.55 Å². The number of methoxy groups -OCH3 is 1. The minimum atomic E-state index is -1.16. The highest BCUT2D eigenvalue weighted by molar-refractivity contribution is 7.84. The summed E-state index contributed by atoms with van der Waals surface area (Å²) in [6.45, 7) is 0.728. The Kier molecular flexibility index (Phi) is 4.88. The molecule has 0 aliphatic heterocycles. The second-order valence-corrected chi connectivity index (χ2v) is 6.58. The first-order chi connectivity index (χ1) is 11.3. The molecule has 0 bridgehead atoms. The van der Waals surface area contributed by atoms with Crippen molar-refractivity contribution in [2.75, 3.05) is 7.11 Å². The Balaban J connectivity index is 1.75. The monoisotopic (exact) mass is 326 g/mol. The predicted molar refractivity (Wildman–Crippen MR) is 90.9 cm³/mol. The van der Waals surface area contributed by atoms with E-state index < -0.39 is 10.8 Å². The smallest absolute Gasteiger partial charge is 0.121 e. The number of rotatable bonds is 6. The minimum Gasteiger partial charge on any atom is -0.497 e. The van der Waals surface area contributed by atoms with Crippen molar-refractivity contribution in [3.8, 4) is 5.75 Å². The summed E-state index contributed by atoms with van der Waals surface area (Å²) in [5.74, 6) is 1.91. The Hall–Kier alpha value is -2.40. The van der Waals surface area contributed by atoms with E-state index in [1.165, 1.54) is 5.56 Å². The maximum absolute atomic E-state index is 12.6. The van der Waals surface area contributed by atoms with Crippen molar-refractivity contribution in [3.63, 3.8) is 0 Å². The molecule has 1 atom stereocenters. The van der Waals surface area contributed by atoms with Crippen molar-refractivity contribution in [2.24, 2.45) is 0 Å². The lowest BCUT2D eigenvalue weighted by atomic mass is 10.2. The lowest BCUT2D eigenvalue weighted by molar-refractivity contribution is 0.413. The highest BCUT2D eigenvalue weighted by atomic mass is 32.2. The summed E-state index contributed by atoms with van der Waals surface area (Å²) in [5, 5.41) is 0. The second-order valence-electron chi connectivity index (χ2n) is 5.13. The fraction of sp³-hybridized carbons (Fsp3) is 0.167. The van der Waals surface area contributed by atoms with E-state index in [2.05, 4.69) is 17.1 Å². The molecule has 0 unspecified atom stereocenters. The Morgan fingerprint density at radius 3 is 2.74 bits per heavy atom. The number of benzene rings is 2. The lowest BCUT2D eigenvalue weighted by Crippen LogP contribution is -2.07. The molecule has 0 spiro atoms. The molecule has 118 valence electrons. The quantitative estimate of drug-likeness (QED) is 0.698. The summed E-state index contributed by atoms with van der Waals surface area (Å²) >= 11 is 0. The Morgan fingerprint density at radius 1 is 1.13 bits per heavy atom. The molecular formula is C18H18N2O2S. The molecule has 2 aromatic carbocycles. The van der Waals surface area contributed by atoms with Crippen LogP contribution in [-0.2, 0) is 23.1 Å².